The van der Waals surface area contributed by atoms with E-state index in [1.54, 1.807) is 6.07 Å². The van der Waals surface area contributed by atoms with E-state index in [1.807, 2.05) is 12.1 Å². The molecule has 1 aliphatic rings. The Morgan fingerprint density at radius 3 is 2.84 bits per heavy atom. The number of benzene rings is 1. The number of hydrogen-bond donors (Lipinski definition) is 1. The van der Waals surface area contributed by atoms with Crippen LogP contribution in [-0.2, 0) is 4.79 Å². The molecule has 0 aliphatic heterocycles. The molecule has 1 aromatic rings. The van der Waals surface area contributed by atoms with Gasteiger partial charge in [0.1, 0.15) is 5.75 Å². The van der Waals surface area contributed by atoms with Crippen LogP contribution < -0.4 is 10.1 Å². The molecule has 0 radical (unpaired) electrons. The molecule has 0 saturated heterocycles. The molecular formula is C14H16ClNO3. The van der Waals surface area contributed by atoms with Crippen LogP contribution in [0, 0.1) is 0 Å². The average molecular weight is 282 g/mol. The van der Waals surface area contributed by atoms with Gasteiger partial charge in [0, 0.05) is 19.4 Å². The molecule has 0 spiro atoms. The van der Waals surface area contributed by atoms with Crippen molar-refractivity contribution in [3.63, 3.8) is 0 Å². The Hall–Kier alpha value is -1.55. The molecule has 4 nitrogen and oxygen atoms in total. The molecule has 1 aromatic carbocycles. The molecule has 5 heteroatoms. The van der Waals surface area contributed by atoms with Gasteiger partial charge in [0.15, 0.2) is 5.78 Å². The third-order valence-electron chi connectivity index (χ3n) is 3.23. The van der Waals surface area contributed by atoms with Crippen LogP contribution in [0.5, 0.6) is 5.75 Å². The van der Waals surface area contributed by atoms with Gasteiger partial charge in [0.25, 0.3) is 0 Å². The van der Waals surface area contributed by atoms with Crippen molar-refractivity contribution in [1.82, 2.24) is 5.32 Å². The fraction of sp³-hybridized carbons (Fsp3) is 0.429. The van der Waals surface area contributed by atoms with Gasteiger partial charge < -0.3 is 10.1 Å². The summed E-state index contributed by atoms with van der Waals surface area (Å²) in [7, 11) is 1.53. The van der Waals surface area contributed by atoms with Crippen molar-refractivity contribution >= 4 is 23.3 Å². The molecule has 0 heterocycles. The highest BCUT2D eigenvalue weighted by molar-refractivity contribution is 6.22. The predicted octanol–water partition coefficient (Wildman–Crippen LogP) is 2.46. The standard InChI is InChI=1S/C14H16ClNO3/c1-8(17)16-9-6-11(15)10-4-3-5-13(19-2)14(10)12(18)7-9/h3-5,9,11H,6-7H2,1-2H3,(H,16,17)/t9?,11-/m0/s1. The van der Waals surface area contributed by atoms with Crippen LogP contribution >= 0.6 is 11.6 Å². The van der Waals surface area contributed by atoms with Gasteiger partial charge in [0.05, 0.1) is 18.1 Å². The van der Waals surface area contributed by atoms with Crippen LogP contribution in [0.1, 0.15) is 41.1 Å². The van der Waals surface area contributed by atoms with Crippen molar-refractivity contribution in [2.45, 2.75) is 31.2 Å². The minimum atomic E-state index is -0.312. The van der Waals surface area contributed by atoms with Crippen LogP contribution in [0.2, 0.25) is 0 Å². The van der Waals surface area contributed by atoms with Crippen molar-refractivity contribution in [3.05, 3.63) is 29.3 Å². The maximum absolute atomic E-state index is 12.3. The Kier molecular flexibility index (Phi) is 4.10. The van der Waals surface area contributed by atoms with E-state index in [0.29, 0.717) is 17.7 Å². The Labute approximate surface area is 117 Å². The van der Waals surface area contributed by atoms with Crippen LogP contribution in [0.3, 0.4) is 0 Å². The highest BCUT2D eigenvalue weighted by atomic mass is 35.5. The maximum Gasteiger partial charge on any atom is 0.217 e. The fourth-order valence-electron chi connectivity index (χ4n) is 2.46. The number of Topliss-reactive ketones (excluding diaryl/α,β-unsaturated/α-hetero) is 1. The van der Waals surface area contributed by atoms with E-state index in [-0.39, 0.29) is 29.5 Å². The number of ketones is 1. The second-order valence-corrected chi connectivity index (χ2v) is 5.18. The lowest BCUT2D eigenvalue weighted by molar-refractivity contribution is -0.119. The first-order chi connectivity index (χ1) is 9.02. The van der Waals surface area contributed by atoms with Gasteiger partial charge in [-0.1, -0.05) is 12.1 Å². The highest BCUT2D eigenvalue weighted by Crippen LogP contribution is 2.37. The molecule has 1 unspecified atom stereocenters. The normalized spacial score (nSPS) is 22.4. The second kappa shape index (κ2) is 5.61. The van der Waals surface area contributed by atoms with E-state index >= 15 is 0 Å². The molecule has 0 aromatic heterocycles. The number of hydrogen-bond acceptors (Lipinski definition) is 3. The lowest BCUT2D eigenvalue weighted by Gasteiger charge is -2.16. The third-order valence-corrected chi connectivity index (χ3v) is 3.64. The zero-order chi connectivity index (χ0) is 14.0. The molecule has 102 valence electrons. The number of fused-ring (bicyclic) bond motifs is 1. The van der Waals surface area contributed by atoms with Crippen molar-refractivity contribution in [1.29, 1.82) is 0 Å². The first-order valence-electron chi connectivity index (χ1n) is 6.14. The molecule has 1 N–H and O–H groups in total. The Morgan fingerprint density at radius 2 is 2.21 bits per heavy atom. The fourth-order valence-corrected chi connectivity index (χ4v) is 2.86. The van der Waals surface area contributed by atoms with E-state index in [9.17, 15) is 9.59 Å². The Balaban J connectivity index is 2.39. The maximum atomic E-state index is 12.3. The van der Waals surface area contributed by atoms with Crippen molar-refractivity contribution in [2.24, 2.45) is 0 Å². The summed E-state index contributed by atoms with van der Waals surface area (Å²) in [5.74, 6) is 0.338. The van der Waals surface area contributed by atoms with Gasteiger partial charge in [0.2, 0.25) is 5.91 Å². The number of alkyl halides is 1. The molecule has 0 saturated carbocycles. The molecule has 0 bridgehead atoms. The first kappa shape index (κ1) is 13.9. The molecule has 2 atom stereocenters. The number of carbonyl (C=O) groups is 2. The number of rotatable bonds is 2. The quantitative estimate of drug-likeness (QED) is 0.669. The van der Waals surface area contributed by atoms with Gasteiger partial charge in [-0.05, 0) is 18.1 Å². The second-order valence-electron chi connectivity index (χ2n) is 4.65. The molecule has 19 heavy (non-hydrogen) atoms. The minimum absolute atomic E-state index is 0.0469. The lowest BCUT2D eigenvalue weighted by atomic mass is 10.0. The van der Waals surface area contributed by atoms with E-state index in [0.717, 1.165) is 5.56 Å². The van der Waals surface area contributed by atoms with Crippen molar-refractivity contribution in [2.75, 3.05) is 7.11 Å². The summed E-state index contributed by atoms with van der Waals surface area (Å²) >= 11 is 6.36. The summed E-state index contributed by atoms with van der Waals surface area (Å²) in [6.07, 6.45) is 0.781. The van der Waals surface area contributed by atoms with Crippen LogP contribution in [0.4, 0.5) is 0 Å². The smallest absolute Gasteiger partial charge is 0.217 e. The molecule has 1 aliphatic carbocycles. The zero-order valence-electron chi connectivity index (χ0n) is 10.9. The van der Waals surface area contributed by atoms with Gasteiger partial charge in [-0.15, -0.1) is 11.6 Å². The lowest BCUT2D eigenvalue weighted by Crippen LogP contribution is -2.34. The number of carbonyl (C=O) groups excluding carboxylic acids is 2. The zero-order valence-corrected chi connectivity index (χ0v) is 11.7. The van der Waals surface area contributed by atoms with Gasteiger partial charge >= 0.3 is 0 Å². The van der Waals surface area contributed by atoms with E-state index in [1.165, 1.54) is 14.0 Å². The van der Waals surface area contributed by atoms with Crippen LogP contribution in [0.15, 0.2) is 18.2 Å². The van der Waals surface area contributed by atoms with Crippen LogP contribution in [0.25, 0.3) is 0 Å². The Bertz CT molecular complexity index is 515. The molecule has 2 rings (SSSR count). The summed E-state index contributed by atoms with van der Waals surface area (Å²) in [5, 5.41) is 2.46. The largest absolute Gasteiger partial charge is 0.496 e. The SMILES string of the molecule is COc1cccc2c1C(=O)CC(NC(C)=O)C[C@@H]2Cl. The predicted molar refractivity (Wildman–Crippen MR) is 72.8 cm³/mol. The van der Waals surface area contributed by atoms with Crippen molar-refractivity contribution in [3.8, 4) is 5.75 Å². The third kappa shape index (κ3) is 2.89. The highest BCUT2D eigenvalue weighted by Gasteiger charge is 2.30. The molecule has 0 fully saturated rings. The van der Waals surface area contributed by atoms with E-state index in [4.69, 9.17) is 16.3 Å². The average Bonchev–Trinajstić information content (AvgIpc) is 2.47. The number of methoxy groups -OCH3 is 1. The number of halogens is 1. The topological polar surface area (TPSA) is 55.4 Å². The summed E-state index contributed by atoms with van der Waals surface area (Å²) in [4.78, 5) is 23.5. The van der Waals surface area contributed by atoms with Crippen LogP contribution in [-0.4, -0.2) is 24.8 Å². The summed E-state index contributed by atoms with van der Waals surface area (Å²) in [6, 6.07) is 5.17. The molecular weight excluding hydrogens is 266 g/mol. The van der Waals surface area contributed by atoms with E-state index in [2.05, 4.69) is 5.32 Å². The molecule has 1 amide bonds. The number of ether oxygens (including phenoxy) is 1. The summed E-state index contributed by atoms with van der Waals surface area (Å²) < 4.78 is 5.24. The van der Waals surface area contributed by atoms with Gasteiger partial charge in [-0.25, -0.2) is 0 Å². The van der Waals surface area contributed by atoms with Gasteiger partial charge in [-0.3, -0.25) is 9.59 Å². The minimum Gasteiger partial charge on any atom is -0.496 e. The number of nitrogens with one attached hydrogen (secondary N) is 1. The van der Waals surface area contributed by atoms with Crippen molar-refractivity contribution < 1.29 is 14.3 Å². The number of amides is 1. The summed E-state index contributed by atoms with van der Waals surface area (Å²) in [6.45, 7) is 1.44. The Morgan fingerprint density at radius 1 is 1.47 bits per heavy atom. The monoisotopic (exact) mass is 281 g/mol. The van der Waals surface area contributed by atoms with E-state index < -0.39 is 0 Å². The first-order valence-corrected chi connectivity index (χ1v) is 6.57. The summed E-state index contributed by atoms with van der Waals surface area (Å²) in [5.41, 5.74) is 1.32. The van der Waals surface area contributed by atoms with Gasteiger partial charge in [-0.2, -0.15) is 0 Å².